The van der Waals surface area contributed by atoms with Gasteiger partial charge in [0.05, 0.1) is 12.6 Å². The van der Waals surface area contributed by atoms with Crippen LogP contribution in [0.15, 0.2) is 18.2 Å². The smallest absolute Gasteiger partial charge is 0.320 e. The first-order valence-electron chi connectivity index (χ1n) is 9.79. The van der Waals surface area contributed by atoms with Gasteiger partial charge in [-0.05, 0) is 38.7 Å². The van der Waals surface area contributed by atoms with Crippen molar-refractivity contribution in [3.05, 3.63) is 34.9 Å². The number of aliphatic hydroxyl groups excluding tert-OH is 1. The van der Waals surface area contributed by atoms with Gasteiger partial charge < -0.3 is 19.6 Å². The summed E-state index contributed by atoms with van der Waals surface area (Å²) in [7, 11) is 0. The Hall–Kier alpha value is -2.08. The molecule has 0 aromatic heterocycles. The summed E-state index contributed by atoms with van der Waals surface area (Å²) in [5.41, 5.74) is 3.58. The van der Waals surface area contributed by atoms with E-state index >= 15 is 0 Å². The number of carbonyl (C=O) groups excluding carboxylic acids is 2. The summed E-state index contributed by atoms with van der Waals surface area (Å²) in [6.07, 6.45) is 1.36. The highest BCUT2D eigenvalue weighted by Gasteiger charge is 2.35. The monoisotopic (exact) mass is 374 g/mol. The SMILES string of the molecule is CC(=O)OC1CC(c2cc(C)cc(C)c2)CN(C(=O)N2CCC(O)CC2)C1. The lowest BCUT2D eigenvalue weighted by Gasteiger charge is -2.41. The van der Waals surface area contributed by atoms with Crippen LogP contribution in [0.2, 0.25) is 0 Å². The van der Waals surface area contributed by atoms with Gasteiger partial charge in [0.1, 0.15) is 6.10 Å². The van der Waals surface area contributed by atoms with Gasteiger partial charge in [0.25, 0.3) is 0 Å². The molecular weight excluding hydrogens is 344 g/mol. The van der Waals surface area contributed by atoms with Crippen molar-refractivity contribution < 1.29 is 19.4 Å². The Balaban J connectivity index is 1.78. The number of piperidine rings is 2. The van der Waals surface area contributed by atoms with E-state index in [2.05, 4.69) is 32.0 Å². The number of benzene rings is 1. The second-order valence-electron chi connectivity index (χ2n) is 7.99. The largest absolute Gasteiger partial charge is 0.461 e. The molecule has 2 atom stereocenters. The average Bonchev–Trinajstić information content (AvgIpc) is 2.60. The number of urea groups is 1. The van der Waals surface area contributed by atoms with Gasteiger partial charge in [-0.1, -0.05) is 29.3 Å². The highest BCUT2D eigenvalue weighted by atomic mass is 16.5. The molecule has 6 heteroatoms. The quantitative estimate of drug-likeness (QED) is 0.808. The summed E-state index contributed by atoms with van der Waals surface area (Å²) in [5, 5.41) is 9.69. The lowest BCUT2D eigenvalue weighted by atomic mass is 9.87. The highest BCUT2D eigenvalue weighted by Crippen LogP contribution is 2.31. The van der Waals surface area contributed by atoms with Crippen LogP contribution in [0.5, 0.6) is 0 Å². The van der Waals surface area contributed by atoms with E-state index in [-0.39, 0.29) is 30.1 Å². The average molecular weight is 374 g/mol. The minimum Gasteiger partial charge on any atom is -0.461 e. The Kier molecular flexibility index (Phi) is 6.05. The van der Waals surface area contributed by atoms with Crippen molar-refractivity contribution in [1.82, 2.24) is 9.80 Å². The van der Waals surface area contributed by atoms with E-state index in [4.69, 9.17) is 4.74 Å². The number of esters is 1. The van der Waals surface area contributed by atoms with E-state index in [1.165, 1.54) is 23.6 Å². The molecule has 0 spiro atoms. The topological polar surface area (TPSA) is 70.1 Å². The molecule has 1 aromatic carbocycles. The van der Waals surface area contributed by atoms with Crippen LogP contribution in [-0.4, -0.2) is 65.3 Å². The summed E-state index contributed by atoms with van der Waals surface area (Å²) in [6.45, 7) is 7.76. The zero-order chi connectivity index (χ0) is 19.6. The molecule has 2 aliphatic rings. The molecule has 2 saturated heterocycles. The molecule has 2 unspecified atom stereocenters. The highest BCUT2D eigenvalue weighted by molar-refractivity contribution is 5.75. The normalized spacial score (nSPS) is 24.0. The van der Waals surface area contributed by atoms with Crippen LogP contribution < -0.4 is 0 Å². The fraction of sp³-hybridized carbons (Fsp3) is 0.619. The molecule has 2 amide bonds. The van der Waals surface area contributed by atoms with Crippen molar-refractivity contribution in [3.63, 3.8) is 0 Å². The molecule has 2 aliphatic heterocycles. The van der Waals surface area contributed by atoms with Crippen molar-refractivity contribution in [2.75, 3.05) is 26.2 Å². The molecule has 0 radical (unpaired) electrons. The van der Waals surface area contributed by atoms with Crippen LogP contribution in [0.25, 0.3) is 0 Å². The number of aryl methyl sites for hydroxylation is 2. The van der Waals surface area contributed by atoms with Crippen molar-refractivity contribution in [2.24, 2.45) is 0 Å². The van der Waals surface area contributed by atoms with E-state index in [1.54, 1.807) is 4.90 Å². The number of ether oxygens (including phenoxy) is 1. The minimum absolute atomic E-state index is 0.0203. The fourth-order valence-corrected chi connectivity index (χ4v) is 4.27. The van der Waals surface area contributed by atoms with E-state index < -0.39 is 0 Å². The van der Waals surface area contributed by atoms with E-state index in [0.717, 1.165) is 6.42 Å². The fourth-order valence-electron chi connectivity index (χ4n) is 4.27. The van der Waals surface area contributed by atoms with Crippen LogP contribution in [0, 0.1) is 13.8 Å². The maximum Gasteiger partial charge on any atom is 0.320 e. The van der Waals surface area contributed by atoms with Crippen molar-refractivity contribution in [2.45, 2.75) is 58.2 Å². The van der Waals surface area contributed by atoms with E-state index in [0.29, 0.717) is 39.0 Å². The first kappa shape index (κ1) is 19.7. The summed E-state index contributed by atoms with van der Waals surface area (Å²) >= 11 is 0. The van der Waals surface area contributed by atoms with E-state index in [1.807, 2.05) is 4.90 Å². The Morgan fingerprint density at radius 2 is 1.67 bits per heavy atom. The lowest BCUT2D eigenvalue weighted by molar-refractivity contribution is -0.148. The Morgan fingerprint density at radius 1 is 1.04 bits per heavy atom. The molecule has 6 nitrogen and oxygen atoms in total. The van der Waals surface area contributed by atoms with Crippen molar-refractivity contribution in [1.29, 1.82) is 0 Å². The first-order chi connectivity index (χ1) is 12.8. The van der Waals surface area contributed by atoms with Crippen molar-refractivity contribution in [3.8, 4) is 0 Å². The zero-order valence-corrected chi connectivity index (χ0v) is 16.5. The standard InChI is InChI=1S/C21H30N2O4/c1-14-8-15(2)10-17(9-14)18-11-20(27-16(3)24)13-23(12-18)21(26)22-6-4-19(25)5-7-22/h8-10,18-20,25H,4-7,11-13H2,1-3H3. The van der Waals surface area contributed by atoms with Gasteiger partial charge in [0, 0.05) is 32.5 Å². The molecule has 0 aliphatic carbocycles. The van der Waals surface area contributed by atoms with Gasteiger partial charge in [-0.3, -0.25) is 4.79 Å². The number of aliphatic hydroxyl groups is 1. The van der Waals surface area contributed by atoms with Crippen molar-refractivity contribution >= 4 is 12.0 Å². The molecule has 148 valence electrons. The summed E-state index contributed by atoms with van der Waals surface area (Å²) in [5.74, 6) is -0.171. The molecule has 27 heavy (non-hydrogen) atoms. The van der Waals surface area contributed by atoms with Crippen LogP contribution in [0.1, 0.15) is 48.8 Å². The maximum absolute atomic E-state index is 13.0. The van der Waals surface area contributed by atoms with Gasteiger partial charge in [0.2, 0.25) is 0 Å². The summed E-state index contributed by atoms with van der Waals surface area (Å²) in [6, 6.07) is 6.44. The third kappa shape index (κ3) is 5.01. The number of hydrogen-bond acceptors (Lipinski definition) is 4. The van der Waals surface area contributed by atoms with Gasteiger partial charge in [-0.25, -0.2) is 4.79 Å². The number of carbonyl (C=O) groups is 2. The Labute approximate surface area is 161 Å². The molecule has 3 rings (SSSR count). The number of hydrogen-bond donors (Lipinski definition) is 1. The molecule has 0 saturated carbocycles. The summed E-state index contributed by atoms with van der Waals surface area (Å²) in [4.78, 5) is 28.2. The minimum atomic E-state index is -0.313. The third-order valence-corrected chi connectivity index (χ3v) is 5.47. The Morgan fingerprint density at radius 3 is 2.26 bits per heavy atom. The second-order valence-corrected chi connectivity index (χ2v) is 7.99. The predicted molar refractivity (Wildman–Crippen MR) is 103 cm³/mol. The molecule has 2 fully saturated rings. The van der Waals surface area contributed by atoms with Gasteiger partial charge in [-0.15, -0.1) is 0 Å². The van der Waals surface area contributed by atoms with Gasteiger partial charge in [-0.2, -0.15) is 0 Å². The second kappa shape index (κ2) is 8.30. The predicted octanol–water partition coefficient (Wildman–Crippen LogP) is 2.60. The number of amides is 2. The van der Waals surface area contributed by atoms with Gasteiger partial charge >= 0.3 is 12.0 Å². The first-order valence-corrected chi connectivity index (χ1v) is 9.79. The molecule has 1 N–H and O–H groups in total. The van der Waals surface area contributed by atoms with E-state index in [9.17, 15) is 14.7 Å². The zero-order valence-electron chi connectivity index (χ0n) is 16.5. The molecule has 0 bridgehead atoms. The Bertz CT molecular complexity index is 677. The number of nitrogens with zero attached hydrogens (tertiary/aromatic N) is 2. The van der Waals surface area contributed by atoms with Crippen LogP contribution in [0.4, 0.5) is 4.79 Å². The molecular formula is C21H30N2O4. The van der Waals surface area contributed by atoms with Crippen LogP contribution in [-0.2, 0) is 9.53 Å². The molecule has 1 aromatic rings. The maximum atomic E-state index is 13.0. The number of rotatable bonds is 2. The molecule has 2 heterocycles. The van der Waals surface area contributed by atoms with Crippen LogP contribution in [0.3, 0.4) is 0 Å². The lowest BCUT2D eigenvalue weighted by Crippen LogP contribution is -2.53. The number of likely N-dealkylation sites (tertiary alicyclic amines) is 2. The van der Waals surface area contributed by atoms with Crippen LogP contribution >= 0.6 is 0 Å². The summed E-state index contributed by atoms with van der Waals surface area (Å²) < 4.78 is 5.50. The van der Waals surface area contributed by atoms with Gasteiger partial charge in [0.15, 0.2) is 0 Å². The third-order valence-electron chi connectivity index (χ3n) is 5.47.